The van der Waals surface area contributed by atoms with E-state index in [2.05, 4.69) is 0 Å². The summed E-state index contributed by atoms with van der Waals surface area (Å²) < 4.78 is 37.9. The number of halogens is 2. The summed E-state index contributed by atoms with van der Waals surface area (Å²) in [5.41, 5.74) is -5.95. The summed E-state index contributed by atoms with van der Waals surface area (Å²) in [6, 6.07) is 0. The number of rotatable bonds is 2. The largest absolute Gasteiger partial charge is 0.485 e. The third-order valence-electron chi connectivity index (χ3n) is 8.80. The number of fused-ring (bicyclic) bond motifs is 5. The lowest BCUT2D eigenvalue weighted by atomic mass is 9.44. The van der Waals surface area contributed by atoms with Crippen LogP contribution in [0.2, 0.25) is 0 Å². The molecule has 7 heteroatoms. The quantitative estimate of drug-likeness (QED) is 0.642. The van der Waals surface area contributed by atoms with Crippen LogP contribution in [0.5, 0.6) is 0 Å². The molecule has 30 heavy (non-hydrogen) atoms. The van der Waals surface area contributed by atoms with Gasteiger partial charge in [0.1, 0.15) is 11.8 Å². The van der Waals surface area contributed by atoms with Crippen molar-refractivity contribution >= 4 is 23.1 Å². The van der Waals surface area contributed by atoms with E-state index in [4.69, 9.17) is 17.0 Å². The monoisotopic (exact) mass is 440 g/mol. The van der Waals surface area contributed by atoms with Gasteiger partial charge in [0.15, 0.2) is 16.5 Å². The molecule has 0 aromatic heterocycles. The molecule has 0 unspecified atom stereocenters. The highest BCUT2D eigenvalue weighted by atomic mass is 32.1. The lowest BCUT2D eigenvalue weighted by Gasteiger charge is -2.63. The molecule has 4 rings (SSSR count). The minimum Gasteiger partial charge on any atom is -0.485 e. The Morgan fingerprint density at radius 3 is 2.63 bits per heavy atom. The second kappa shape index (κ2) is 6.66. The van der Waals surface area contributed by atoms with Gasteiger partial charge in [-0.05, 0) is 74.9 Å². The second-order valence-corrected chi connectivity index (χ2v) is 10.4. The molecule has 0 saturated heterocycles. The number of carbonyl (C=O) groups excluding carboxylic acids is 1. The van der Waals surface area contributed by atoms with Gasteiger partial charge in [-0.3, -0.25) is 4.79 Å². The summed E-state index contributed by atoms with van der Waals surface area (Å²) in [6.45, 7) is 7.31. The standard InChI is InChI=1S/C23H30F2O4S/c1-5-29-19(30)23(28)12(2)8-14-15-10-17(24)16-9-13(26)6-7-20(16,3)22(15,25)18(27)11-21(14,23)4/h6-7,9,12,14-15,17-18,27-28H,5,8,10-11H2,1-4H3/t12-,14+,15+,17+,18+,20+,21+,22+,23+/m1/s1. The number of aliphatic hydroxyl groups is 2. The Bertz CT molecular complexity index is 858. The number of carbonyl (C=O) groups is 1. The lowest BCUT2D eigenvalue weighted by Crippen LogP contribution is -2.70. The van der Waals surface area contributed by atoms with Crippen LogP contribution in [0, 0.1) is 28.6 Å². The molecule has 2 N–H and O–H groups in total. The van der Waals surface area contributed by atoms with Gasteiger partial charge in [-0.1, -0.05) is 19.9 Å². The molecule has 0 spiro atoms. The maximum atomic E-state index is 17.0. The number of ketones is 1. The molecular weight excluding hydrogens is 410 g/mol. The first kappa shape index (κ1) is 22.0. The summed E-state index contributed by atoms with van der Waals surface area (Å²) >= 11 is 5.43. The number of hydrogen-bond acceptors (Lipinski definition) is 5. The zero-order chi connectivity index (χ0) is 22.3. The highest BCUT2D eigenvalue weighted by Gasteiger charge is 2.76. The van der Waals surface area contributed by atoms with E-state index in [0.717, 1.165) is 0 Å². The highest BCUT2D eigenvalue weighted by molar-refractivity contribution is 7.80. The Balaban J connectivity index is 1.84. The maximum Gasteiger partial charge on any atom is 0.192 e. The normalized spacial score (nSPS) is 52.2. The van der Waals surface area contributed by atoms with Gasteiger partial charge in [0, 0.05) is 16.7 Å². The van der Waals surface area contributed by atoms with Crippen LogP contribution in [-0.4, -0.2) is 51.2 Å². The first-order chi connectivity index (χ1) is 13.9. The maximum absolute atomic E-state index is 17.0. The Morgan fingerprint density at radius 1 is 1.33 bits per heavy atom. The van der Waals surface area contributed by atoms with Crippen molar-refractivity contribution < 1.29 is 28.5 Å². The van der Waals surface area contributed by atoms with E-state index >= 15 is 8.78 Å². The van der Waals surface area contributed by atoms with Crippen LogP contribution in [0.1, 0.15) is 47.0 Å². The predicted molar refractivity (Wildman–Crippen MR) is 112 cm³/mol. The van der Waals surface area contributed by atoms with Crippen molar-refractivity contribution in [3.8, 4) is 0 Å². The highest BCUT2D eigenvalue weighted by Crippen LogP contribution is 2.71. The first-order valence-electron chi connectivity index (χ1n) is 10.7. The molecule has 9 atom stereocenters. The fourth-order valence-corrected chi connectivity index (χ4v) is 7.77. The van der Waals surface area contributed by atoms with E-state index in [0.29, 0.717) is 13.0 Å². The van der Waals surface area contributed by atoms with Gasteiger partial charge < -0.3 is 14.9 Å². The van der Waals surface area contributed by atoms with Crippen LogP contribution >= 0.6 is 12.2 Å². The number of ether oxygens (including phenoxy) is 1. The van der Waals surface area contributed by atoms with Crippen molar-refractivity contribution in [3.05, 3.63) is 23.8 Å². The minimum atomic E-state index is -2.15. The van der Waals surface area contributed by atoms with E-state index in [1.807, 2.05) is 13.8 Å². The predicted octanol–water partition coefficient (Wildman–Crippen LogP) is 3.65. The lowest BCUT2D eigenvalue weighted by molar-refractivity contribution is -0.215. The Kier molecular flexibility index (Phi) is 4.89. The Morgan fingerprint density at radius 2 is 2.00 bits per heavy atom. The molecule has 0 aromatic rings. The minimum absolute atomic E-state index is 0.0275. The summed E-state index contributed by atoms with van der Waals surface area (Å²) in [7, 11) is 0. The van der Waals surface area contributed by atoms with Crippen molar-refractivity contribution in [3.63, 3.8) is 0 Å². The van der Waals surface area contributed by atoms with E-state index in [1.54, 1.807) is 13.8 Å². The number of allylic oxidation sites excluding steroid dienone is 4. The molecule has 0 aliphatic heterocycles. The van der Waals surface area contributed by atoms with E-state index in [9.17, 15) is 15.0 Å². The summed E-state index contributed by atoms with van der Waals surface area (Å²) in [5.74, 6) is -1.92. The molecule has 166 valence electrons. The van der Waals surface area contributed by atoms with Crippen molar-refractivity contribution in [1.82, 2.24) is 0 Å². The van der Waals surface area contributed by atoms with Crippen LogP contribution < -0.4 is 0 Å². The molecule has 4 aliphatic rings. The van der Waals surface area contributed by atoms with Gasteiger partial charge in [0.25, 0.3) is 0 Å². The van der Waals surface area contributed by atoms with Crippen LogP contribution in [0.25, 0.3) is 0 Å². The molecule has 3 fully saturated rings. The van der Waals surface area contributed by atoms with Crippen LogP contribution in [0.3, 0.4) is 0 Å². The van der Waals surface area contributed by atoms with Crippen LogP contribution in [0.15, 0.2) is 23.8 Å². The molecule has 3 saturated carbocycles. The van der Waals surface area contributed by atoms with Crippen LogP contribution in [0.4, 0.5) is 8.78 Å². The van der Waals surface area contributed by atoms with Crippen LogP contribution in [-0.2, 0) is 9.53 Å². The van der Waals surface area contributed by atoms with Gasteiger partial charge in [0.2, 0.25) is 0 Å². The number of thiocarbonyl (C=S) groups is 1. The first-order valence-corrected chi connectivity index (χ1v) is 11.1. The van der Waals surface area contributed by atoms with Crippen molar-refractivity contribution in [2.75, 3.05) is 6.61 Å². The molecule has 0 amide bonds. The molecule has 0 aromatic carbocycles. The average Bonchev–Trinajstić information content (AvgIpc) is 2.88. The van der Waals surface area contributed by atoms with Gasteiger partial charge in [-0.25, -0.2) is 8.78 Å². The fourth-order valence-electron chi connectivity index (χ4n) is 7.22. The van der Waals surface area contributed by atoms with E-state index < -0.39 is 46.2 Å². The van der Waals surface area contributed by atoms with Gasteiger partial charge in [0.05, 0.1) is 12.7 Å². The Hall–Kier alpha value is -1.18. The topological polar surface area (TPSA) is 66.8 Å². The summed E-state index contributed by atoms with van der Waals surface area (Å²) in [6.07, 6.45) is 1.21. The summed E-state index contributed by atoms with van der Waals surface area (Å²) in [4.78, 5) is 11.9. The van der Waals surface area contributed by atoms with Crippen molar-refractivity contribution in [2.45, 2.75) is 70.5 Å². The SMILES string of the molecule is CCOC(=S)[C@@]1(O)[C@H](C)C[C@H]2[C@@H]3C[C@H](F)C4=CC(=O)C=C[C@]4(C)[C@@]3(F)[C@@H](O)C[C@@]21C. The van der Waals surface area contributed by atoms with Gasteiger partial charge in [-0.2, -0.15) is 0 Å². The molecule has 4 nitrogen and oxygen atoms in total. The number of alkyl halides is 2. The average molecular weight is 441 g/mol. The number of hydrogen-bond donors (Lipinski definition) is 2. The van der Waals surface area contributed by atoms with Crippen molar-refractivity contribution in [2.24, 2.45) is 28.6 Å². The Labute approximate surface area is 181 Å². The molecule has 4 aliphatic carbocycles. The number of aliphatic hydroxyl groups excluding tert-OH is 1. The third-order valence-corrected chi connectivity index (χ3v) is 9.23. The fraction of sp³-hybridized carbons (Fsp3) is 0.739. The zero-order valence-electron chi connectivity index (χ0n) is 17.8. The molecule has 0 bridgehead atoms. The molecular formula is C23H30F2O4S. The molecule has 0 radical (unpaired) electrons. The second-order valence-electron chi connectivity index (χ2n) is 9.98. The summed E-state index contributed by atoms with van der Waals surface area (Å²) in [5, 5.41) is 23.0. The van der Waals surface area contributed by atoms with Gasteiger partial charge in [-0.15, -0.1) is 0 Å². The van der Waals surface area contributed by atoms with Crippen molar-refractivity contribution in [1.29, 1.82) is 0 Å². The van der Waals surface area contributed by atoms with E-state index in [-0.39, 0.29) is 35.2 Å². The van der Waals surface area contributed by atoms with E-state index in [1.165, 1.54) is 18.2 Å². The smallest absolute Gasteiger partial charge is 0.192 e. The third kappa shape index (κ3) is 2.37. The molecule has 0 heterocycles. The zero-order valence-corrected chi connectivity index (χ0v) is 18.6. The van der Waals surface area contributed by atoms with Gasteiger partial charge >= 0.3 is 0 Å².